The Morgan fingerprint density at radius 1 is 1.27 bits per heavy atom. The third-order valence-corrected chi connectivity index (χ3v) is 4.32. The number of likely N-dealkylation sites (N-methyl/N-ethyl adjacent to an activating group) is 1. The van der Waals surface area contributed by atoms with Crippen LogP contribution >= 0.6 is 0 Å². The second-order valence-corrected chi connectivity index (χ2v) is 5.42. The Labute approximate surface area is 124 Å². The van der Waals surface area contributed by atoms with Gasteiger partial charge >= 0.3 is 17.3 Å². The lowest BCUT2D eigenvalue weighted by Gasteiger charge is -2.20. The predicted molar refractivity (Wildman–Crippen MR) is 71.9 cm³/mol. The Balaban J connectivity index is 2.06. The van der Waals surface area contributed by atoms with Crippen molar-refractivity contribution < 1.29 is 19.2 Å². The number of fused-ring (bicyclic) bond motifs is 3. The lowest BCUT2D eigenvalue weighted by atomic mass is 9.90. The molecule has 4 rings (SSSR count). The van der Waals surface area contributed by atoms with Crippen molar-refractivity contribution in [3.8, 4) is 0 Å². The van der Waals surface area contributed by atoms with Gasteiger partial charge in [0.2, 0.25) is 0 Å². The van der Waals surface area contributed by atoms with Gasteiger partial charge in [-0.05, 0) is 6.07 Å². The largest absolute Gasteiger partial charge is 0.428 e. The maximum atomic E-state index is 12.9. The van der Waals surface area contributed by atoms with Crippen molar-refractivity contribution in [1.82, 2.24) is 9.80 Å². The summed E-state index contributed by atoms with van der Waals surface area (Å²) >= 11 is 0. The van der Waals surface area contributed by atoms with E-state index >= 15 is 0 Å². The minimum absolute atomic E-state index is 0.194. The van der Waals surface area contributed by atoms with Crippen LogP contribution in [0.2, 0.25) is 0 Å². The van der Waals surface area contributed by atoms with Crippen LogP contribution in [0, 0.1) is 10.1 Å². The summed E-state index contributed by atoms with van der Waals surface area (Å²) in [4.78, 5) is 39.0. The van der Waals surface area contributed by atoms with Gasteiger partial charge in [-0.2, -0.15) is 0 Å². The number of carbonyl (C=O) groups is 2. The molecule has 8 heteroatoms. The molecule has 0 N–H and O–H groups in total. The fraction of sp³-hybridized carbons (Fsp3) is 0.286. The molecule has 1 amide bonds. The van der Waals surface area contributed by atoms with Crippen LogP contribution in [0.15, 0.2) is 35.8 Å². The average Bonchev–Trinajstić information content (AvgIpc) is 3.07. The molecule has 1 aromatic rings. The van der Waals surface area contributed by atoms with Gasteiger partial charge in [-0.15, -0.1) is 0 Å². The number of hydrogen-bond donors (Lipinski definition) is 0. The molecule has 3 aliphatic rings. The summed E-state index contributed by atoms with van der Waals surface area (Å²) in [5, 5.41) is 11.7. The summed E-state index contributed by atoms with van der Waals surface area (Å²) in [7, 11) is 1.67. The van der Waals surface area contributed by atoms with Crippen molar-refractivity contribution in [3.63, 3.8) is 0 Å². The third-order valence-electron chi connectivity index (χ3n) is 4.32. The maximum absolute atomic E-state index is 12.9. The summed E-state index contributed by atoms with van der Waals surface area (Å²) in [6.07, 6.45) is 0. The van der Waals surface area contributed by atoms with Gasteiger partial charge in [0.25, 0.3) is 5.91 Å². The maximum Gasteiger partial charge on any atom is 0.344 e. The van der Waals surface area contributed by atoms with Crippen LogP contribution in [0.4, 0.5) is 0 Å². The monoisotopic (exact) mass is 301 g/mol. The van der Waals surface area contributed by atoms with E-state index in [1.54, 1.807) is 24.1 Å². The van der Waals surface area contributed by atoms with Gasteiger partial charge in [0.05, 0.1) is 10.5 Å². The number of ether oxygens (including phenoxy) is 1. The Morgan fingerprint density at radius 3 is 2.73 bits per heavy atom. The number of benzene rings is 1. The Bertz CT molecular complexity index is 786. The van der Waals surface area contributed by atoms with E-state index < -0.39 is 22.4 Å². The molecule has 1 spiro atoms. The first-order chi connectivity index (χ1) is 10.5. The molecule has 3 heterocycles. The molecule has 1 fully saturated rings. The highest BCUT2D eigenvalue weighted by Gasteiger charge is 2.69. The van der Waals surface area contributed by atoms with Gasteiger partial charge in [0.1, 0.15) is 0 Å². The molecular weight excluding hydrogens is 290 g/mol. The van der Waals surface area contributed by atoms with E-state index in [1.165, 1.54) is 17.0 Å². The number of nitro groups is 1. The molecule has 1 unspecified atom stereocenters. The number of esters is 1. The van der Waals surface area contributed by atoms with Crippen molar-refractivity contribution in [3.05, 3.63) is 57.0 Å². The van der Waals surface area contributed by atoms with Crippen molar-refractivity contribution in [2.75, 3.05) is 20.1 Å². The quantitative estimate of drug-likeness (QED) is 0.420. The number of hydrogen-bond acceptors (Lipinski definition) is 6. The molecule has 0 radical (unpaired) electrons. The van der Waals surface area contributed by atoms with Gasteiger partial charge in [0.15, 0.2) is 5.82 Å². The second kappa shape index (κ2) is 3.85. The SMILES string of the molecule is CN1CCN2C(=O)C3(OC(=O)c4ccccc43)C([N+](=O)[O-])=C12. The summed E-state index contributed by atoms with van der Waals surface area (Å²) in [5.41, 5.74) is -1.90. The molecule has 1 saturated heterocycles. The highest BCUT2D eigenvalue weighted by molar-refractivity contribution is 6.05. The van der Waals surface area contributed by atoms with E-state index in [1.807, 2.05) is 0 Å². The summed E-state index contributed by atoms with van der Waals surface area (Å²) < 4.78 is 5.29. The predicted octanol–water partition coefficient (Wildman–Crippen LogP) is 0.286. The highest BCUT2D eigenvalue weighted by Crippen LogP contribution is 2.50. The number of rotatable bonds is 1. The van der Waals surface area contributed by atoms with Gasteiger partial charge < -0.3 is 9.64 Å². The average molecular weight is 301 g/mol. The molecule has 1 aromatic carbocycles. The first kappa shape index (κ1) is 12.8. The van der Waals surface area contributed by atoms with Crippen molar-refractivity contribution in [2.45, 2.75) is 5.60 Å². The van der Waals surface area contributed by atoms with Crippen LogP contribution in [-0.2, 0) is 15.1 Å². The first-order valence-electron chi connectivity index (χ1n) is 6.73. The van der Waals surface area contributed by atoms with E-state index in [2.05, 4.69) is 0 Å². The van der Waals surface area contributed by atoms with Crippen LogP contribution in [0.5, 0.6) is 0 Å². The van der Waals surface area contributed by atoms with E-state index in [0.29, 0.717) is 13.1 Å². The number of nitrogens with zero attached hydrogens (tertiary/aromatic N) is 3. The van der Waals surface area contributed by atoms with Crippen molar-refractivity contribution in [2.24, 2.45) is 0 Å². The molecule has 3 aliphatic heterocycles. The molecule has 112 valence electrons. The molecule has 22 heavy (non-hydrogen) atoms. The Kier molecular flexibility index (Phi) is 2.24. The highest BCUT2D eigenvalue weighted by atomic mass is 16.6. The minimum atomic E-state index is -1.96. The first-order valence-corrected chi connectivity index (χ1v) is 6.73. The lowest BCUT2D eigenvalue weighted by Crippen LogP contribution is -2.42. The van der Waals surface area contributed by atoms with Crippen LogP contribution < -0.4 is 0 Å². The topological polar surface area (TPSA) is 93.0 Å². The molecule has 1 atom stereocenters. The second-order valence-electron chi connectivity index (χ2n) is 5.42. The zero-order valence-electron chi connectivity index (χ0n) is 11.6. The molecule has 0 aliphatic carbocycles. The summed E-state index contributed by atoms with van der Waals surface area (Å²) in [6, 6.07) is 6.30. The van der Waals surface area contributed by atoms with Gasteiger partial charge in [-0.1, -0.05) is 18.2 Å². The lowest BCUT2D eigenvalue weighted by molar-refractivity contribution is -0.442. The third kappa shape index (κ3) is 1.23. The van der Waals surface area contributed by atoms with Crippen LogP contribution in [0.1, 0.15) is 15.9 Å². The van der Waals surface area contributed by atoms with E-state index in [4.69, 9.17) is 4.74 Å². The zero-order chi connectivity index (χ0) is 15.6. The molecule has 0 bridgehead atoms. The number of amides is 1. The van der Waals surface area contributed by atoms with Gasteiger partial charge in [-0.3, -0.25) is 19.8 Å². The van der Waals surface area contributed by atoms with E-state index in [0.717, 1.165) is 0 Å². The van der Waals surface area contributed by atoms with E-state index in [9.17, 15) is 19.7 Å². The summed E-state index contributed by atoms with van der Waals surface area (Å²) in [5.74, 6) is -1.08. The van der Waals surface area contributed by atoms with Crippen molar-refractivity contribution in [1.29, 1.82) is 0 Å². The number of carbonyl (C=O) groups excluding carboxylic acids is 2. The van der Waals surface area contributed by atoms with E-state index in [-0.39, 0.29) is 22.6 Å². The minimum Gasteiger partial charge on any atom is -0.428 e. The molecular formula is C14H11N3O5. The van der Waals surface area contributed by atoms with Gasteiger partial charge in [0, 0.05) is 25.7 Å². The standard InChI is InChI=1S/C14H11N3O5/c1-15-6-7-16-11(15)10(17(20)21)14(13(16)19)9-5-3-2-4-8(9)12(18)22-14/h2-5H,6-7H2,1H3. The molecule has 0 saturated carbocycles. The fourth-order valence-corrected chi connectivity index (χ4v) is 3.39. The smallest absolute Gasteiger partial charge is 0.344 e. The van der Waals surface area contributed by atoms with Crippen molar-refractivity contribution >= 4 is 11.9 Å². The van der Waals surface area contributed by atoms with Gasteiger partial charge in [-0.25, -0.2) is 4.79 Å². The summed E-state index contributed by atoms with van der Waals surface area (Å²) in [6.45, 7) is 0.841. The zero-order valence-corrected chi connectivity index (χ0v) is 11.6. The van der Waals surface area contributed by atoms with Crippen LogP contribution in [0.25, 0.3) is 0 Å². The van der Waals surface area contributed by atoms with Crippen LogP contribution in [-0.4, -0.2) is 46.7 Å². The van der Waals surface area contributed by atoms with Crippen LogP contribution in [0.3, 0.4) is 0 Å². The fourth-order valence-electron chi connectivity index (χ4n) is 3.39. The normalized spacial score (nSPS) is 25.9. The molecule has 8 nitrogen and oxygen atoms in total. The molecule has 0 aromatic heterocycles. The Morgan fingerprint density at radius 2 is 2.00 bits per heavy atom. The Hall–Kier alpha value is -2.90.